The van der Waals surface area contributed by atoms with Crippen LogP contribution in [0.3, 0.4) is 0 Å². The van der Waals surface area contributed by atoms with Crippen molar-refractivity contribution in [3.8, 4) is 0 Å². The molecule has 1 unspecified atom stereocenters. The molecule has 5 N–H and O–H groups in total. The Bertz CT molecular complexity index is 229. The fourth-order valence-corrected chi connectivity index (χ4v) is 6.46. The standard InChI is InChI=1S/C17H43N4P/c1-5-9-13-19-16-22(17(18)12-8-4,20-14-10-6-2)21-15-11-7-3/h17,19-22H,5-16,18H2,1-4H3. The van der Waals surface area contributed by atoms with Gasteiger partial charge in [0, 0.05) is 0 Å². The number of nitrogens with two attached hydrogens (primary N) is 1. The quantitative estimate of drug-likeness (QED) is 0.256. The van der Waals surface area contributed by atoms with Gasteiger partial charge in [0.1, 0.15) is 0 Å². The van der Waals surface area contributed by atoms with Crippen LogP contribution < -0.4 is 21.2 Å². The Morgan fingerprint density at radius 2 is 1.27 bits per heavy atom. The Kier molecular flexibility index (Phi) is 15.0. The molecular formula is C17H43N4P. The third-order valence-electron chi connectivity index (χ3n) is 4.29. The van der Waals surface area contributed by atoms with E-state index in [-0.39, 0.29) is 5.78 Å². The Labute approximate surface area is 140 Å². The molecule has 0 radical (unpaired) electrons. The van der Waals surface area contributed by atoms with Gasteiger partial charge in [-0.1, -0.05) is 0 Å². The summed E-state index contributed by atoms with van der Waals surface area (Å²) in [5, 5.41) is 11.5. The summed E-state index contributed by atoms with van der Waals surface area (Å²) >= 11 is 0. The third-order valence-corrected chi connectivity index (χ3v) is 8.41. The van der Waals surface area contributed by atoms with Crippen LogP contribution in [-0.4, -0.2) is 31.7 Å². The summed E-state index contributed by atoms with van der Waals surface area (Å²) in [6, 6.07) is 0. The molecule has 0 aromatic rings. The van der Waals surface area contributed by atoms with E-state index in [0.29, 0.717) is 0 Å². The average molecular weight is 335 g/mol. The Morgan fingerprint density at radius 3 is 1.73 bits per heavy atom. The Balaban J connectivity index is 4.76. The van der Waals surface area contributed by atoms with Crippen LogP contribution in [-0.2, 0) is 0 Å². The van der Waals surface area contributed by atoms with Gasteiger partial charge in [-0.3, -0.25) is 0 Å². The summed E-state index contributed by atoms with van der Waals surface area (Å²) in [5.74, 6) is 0.278. The summed E-state index contributed by atoms with van der Waals surface area (Å²) in [6.45, 7) is 12.3. The molecule has 22 heavy (non-hydrogen) atoms. The van der Waals surface area contributed by atoms with Crippen LogP contribution in [0.15, 0.2) is 0 Å². The molecule has 0 fully saturated rings. The second-order valence-electron chi connectivity index (χ2n) is 6.46. The van der Waals surface area contributed by atoms with E-state index in [1.807, 2.05) is 0 Å². The van der Waals surface area contributed by atoms with Gasteiger partial charge in [-0.2, -0.15) is 0 Å². The molecule has 0 aliphatic rings. The molecule has 0 aromatic heterocycles. The van der Waals surface area contributed by atoms with Gasteiger partial charge in [0.15, 0.2) is 0 Å². The van der Waals surface area contributed by atoms with E-state index in [4.69, 9.17) is 5.73 Å². The fourth-order valence-electron chi connectivity index (χ4n) is 2.70. The molecule has 0 heterocycles. The van der Waals surface area contributed by atoms with Crippen LogP contribution in [0.5, 0.6) is 0 Å². The van der Waals surface area contributed by atoms with Gasteiger partial charge < -0.3 is 0 Å². The predicted octanol–water partition coefficient (Wildman–Crippen LogP) is 3.78. The van der Waals surface area contributed by atoms with Crippen LogP contribution in [0, 0.1) is 0 Å². The molecule has 1 atom stereocenters. The van der Waals surface area contributed by atoms with Crippen molar-refractivity contribution in [3.05, 3.63) is 0 Å². The van der Waals surface area contributed by atoms with Crippen LogP contribution in [0.2, 0.25) is 0 Å². The van der Waals surface area contributed by atoms with Crippen molar-refractivity contribution in [2.75, 3.05) is 25.9 Å². The van der Waals surface area contributed by atoms with E-state index in [1.54, 1.807) is 0 Å². The zero-order chi connectivity index (χ0) is 16.7. The molecule has 0 spiro atoms. The molecule has 5 heteroatoms. The zero-order valence-corrected chi connectivity index (χ0v) is 16.6. The number of rotatable bonds is 16. The molecular weight excluding hydrogens is 291 g/mol. The van der Waals surface area contributed by atoms with E-state index in [0.717, 1.165) is 38.8 Å². The summed E-state index contributed by atoms with van der Waals surface area (Å²) in [5.41, 5.74) is 6.64. The van der Waals surface area contributed by atoms with Crippen molar-refractivity contribution in [3.63, 3.8) is 0 Å². The number of hydrogen-bond donors (Lipinski definition) is 4. The SMILES string of the molecule is CCCCNC[PH](NCCCC)(NCCCC)C(N)CCC. The molecule has 0 aliphatic heterocycles. The average Bonchev–Trinajstić information content (AvgIpc) is 2.51. The van der Waals surface area contributed by atoms with Crippen LogP contribution in [0.25, 0.3) is 0 Å². The summed E-state index contributed by atoms with van der Waals surface area (Å²) in [4.78, 5) is 0. The molecule has 0 rings (SSSR count). The Morgan fingerprint density at radius 1 is 0.773 bits per heavy atom. The molecule has 0 saturated heterocycles. The van der Waals surface area contributed by atoms with Gasteiger partial charge in [-0.05, 0) is 0 Å². The van der Waals surface area contributed by atoms with Crippen LogP contribution in [0.4, 0.5) is 0 Å². The molecule has 4 nitrogen and oxygen atoms in total. The molecule has 136 valence electrons. The molecule has 0 aliphatic carbocycles. The Hall–Kier alpha value is 0.270. The van der Waals surface area contributed by atoms with Crippen molar-refractivity contribution in [1.82, 2.24) is 15.5 Å². The van der Waals surface area contributed by atoms with Crippen molar-refractivity contribution in [1.29, 1.82) is 0 Å². The molecule has 0 saturated carbocycles. The maximum atomic E-state index is 6.64. The normalized spacial score (nSPS) is 14.2. The van der Waals surface area contributed by atoms with Gasteiger partial charge in [0.05, 0.1) is 0 Å². The minimum absolute atomic E-state index is 0.278. The fraction of sp³-hybridized carbons (Fsp3) is 1.00. The van der Waals surface area contributed by atoms with Gasteiger partial charge in [0.2, 0.25) is 0 Å². The topological polar surface area (TPSA) is 62.1 Å². The minimum atomic E-state index is -1.88. The van der Waals surface area contributed by atoms with Crippen molar-refractivity contribution in [2.24, 2.45) is 5.73 Å². The first kappa shape index (κ1) is 22.3. The first-order valence-corrected chi connectivity index (χ1v) is 11.9. The van der Waals surface area contributed by atoms with Gasteiger partial charge >= 0.3 is 140 Å². The van der Waals surface area contributed by atoms with Crippen LogP contribution >= 0.6 is 7.56 Å². The molecule has 0 bridgehead atoms. The molecule has 0 aromatic carbocycles. The monoisotopic (exact) mass is 334 g/mol. The summed E-state index contributed by atoms with van der Waals surface area (Å²) in [7, 11) is -1.88. The van der Waals surface area contributed by atoms with Gasteiger partial charge in [-0.15, -0.1) is 0 Å². The van der Waals surface area contributed by atoms with E-state index in [1.165, 1.54) is 38.5 Å². The number of unbranched alkanes of at least 4 members (excludes halogenated alkanes) is 3. The van der Waals surface area contributed by atoms with Crippen LogP contribution in [0.1, 0.15) is 79.1 Å². The second kappa shape index (κ2) is 14.8. The zero-order valence-electron chi connectivity index (χ0n) is 15.6. The maximum absolute atomic E-state index is 6.64. The first-order valence-electron chi connectivity index (χ1n) is 9.63. The van der Waals surface area contributed by atoms with E-state index < -0.39 is 7.56 Å². The number of nitrogens with one attached hydrogen (secondary N) is 3. The van der Waals surface area contributed by atoms with E-state index in [9.17, 15) is 0 Å². The summed E-state index contributed by atoms with van der Waals surface area (Å²) in [6.07, 6.45) is 10.7. The first-order chi connectivity index (χ1) is 10.7. The van der Waals surface area contributed by atoms with Crippen molar-refractivity contribution >= 4 is 7.56 Å². The predicted molar refractivity (Wildman–Crippen MR) is 105 cm³/mol. The van der Waals surface area contributed by atoms with Gasteiger partial charge in [0.25, 0.3) is 0 Å². The number of hydrogen-bond acceptors (Lipinski definition) is 4. The van der Waals surface area contributed by atoms with Gasteiger partial charge in [-0.25, -0.2) is 0 Å². The van der Waals surface area contributed by atoms with Crippen molar-refractivity contribution in [2.45, 2.75) is 84.8 Å². The summed E-state index contributed by atoms with van der Waals surface area (Å²) < 4.78 is 0. The molecule has 0 amide bonds. The van der Waals surface area contributed by atoms with E-state index >= 15 is 0 Å². The van der Waals surface area contributed by atoms with E-state index in [2.05, 4.69) is 43.2 Å². The third kappa shape index (κ3) is 9.42. The second-order valence-corrected chi connectivity index (χ2v) is 10.2. The van der Waals surface area contributed by atoms with Crippen molar-refractivity contribution < 1.29 is 0 Å².